The number of fused-ring (bicyclic) bond motifs is 1. The average molecular weight is 362 g/mol. The maximum atomic E-state index is 9.76. The molecular formula is C23H22O4. The molecule has 1 atom stereocenters. The van der Waals surface area contributed by atoms with Crippen molar-refractivity contribution in [1.82, 2.24) is 0 Å². The fourth-order valence-electron chi connectivity index (χ4n) is 3.35. The van der Waals surface area contributed by atoms with Crippen LogP contribution >= 0.6 is 0 Å². The molecule has 0 amide bonds. The van der Waals surface area contributed by atoms with Crippen LogP contribution in [0.5, 0.6) is 23.0 Å². The van der Waals surface area contributed by atoms with Gasteiger partial charge in [-0.3, -0.25) is 0 Å². The van der Waals surface area contributed by atoms with Crippen LogP contribution in [0.4, 0.5) is 0 Å². The van der Waals surface area contributed by atoms with Gasteiger partial charge >= 0.3 is 0 Å². The zero-order chi connectivity index (χ0) is 18.6. The highest BCUT2D eigenvalue weighted by atomic mass is 16.5. The van der Waals surface area contributed by atoms with Gasteiger partial charge in [0.2, 0.25) is 0 Å². The van der Waals surface area contributed by atoms with Gasteiger partial charge in [-0.2, -0.15) is 0 Å². The van der Waals surface area contributed by atoms with Gasteiger partial charge < -0.3 is 19.3 Å². The number of phenols is 1. The lowest BCUT2D eigenvalue weighted by Gasteiger charge is -2.28. The van der Waals surface area contributed by atoms with Gasteiger partial charge in [-0.05, 0) is 42.2 Å². The predicted molar refractivity (Wildman–Crippen MR) is 104 cm³/mol. The largest absolute Gasteiger partial charge is 0.508 e. The molecule has 4 rings (SSSR count). The van der Waals surface area contributed by atoms with Crippen LogP contribution in [-0.2, 0) is 13.0 Å². The number of hydrogen-bond acceptors (Lipinski definition) is 4. The van der Waals surface area contributed by atoms with Crippen LogP contribution in [0.25, 0.3) is 0 Å². The molecule has 0 spiro atoms. The Balaban J connectivity index is 1.60. The first kappa shape index (κ1) is 17.3. The molecule has 0 aromatic heterocycles. The zero-order valence-electron chi connectivity index (χ0n) is 15.2. The minimum absolute atomic E-state index is 0.129. The Morgan fingerprint density at radius 2 is 1.89 bits per heavy atom. The van der Waals surface area contributed by atoms with E-state index in [4.69, 9.17) is 14.2 Å². The van der Waals surface area contributed by atoms with Crippen molar-refractivity contribution in [3.8, 4) is 23.0 Å². The Morgan fingerprint density at radius 3 is 2.70 bits per heavy atom. The molecule has 1 N–H and O–H groups in total. The normalized spacial score (nSPS) is 15.5. The van der Waals surface area contributed by atoms with Gasteiger partial charge in [-0.15, -0.1) is 0 Å². The number of methoxy groups -OCH3 is 1. The molecule has 3 aromatic rings. The van der Waals surface area contributed by atoms with Crippen LogP contribution in [0.3, 0.4) is 0 Å². The monoisotopic (exact) mass is 362 g/mol. The summed E-state index contributed by atoms with van der Waals surface area (Å²) in [4.78, 5) is 0. The van der Waals surface area contributed by atoms with Crippen molar-refractivity contribution < 1.29 is 19.3 Å². The third kappa shape index (κ3) is 3.85. The van der Waals surface area contributed by atoms with E-state index in [-0.39, 0.29) is 11.9 Å². The smallest absolute Gasteiger partial charge is 0.130 e. The molecule has 3 aromatic carbocycles. The summed E-state index contributed by atoms with van der Waals surface area (Å²) in [6.07, 6.45) is 1.62. The maximum absolute atomic E-state index is 9.76. The van der Waals surface area contributed by atoms with Gasteiger partial charge in [0.05, 0.1) is 7.11 Å². The molecule has 1 aliphatic heterocycles. The molecule has 1 heterocycles. The van der Waals surface area contributed by atoms with Gasteiger partial charge in [0.25, 0.3) is 0 Å². The van der Waals surface area contributed by atoms with Crippen molar-refractivity contribution >= 4 is 0 Å². The summed E-state index contributed by atoms with van der Waals surface area (Å²) in [7, 11) is 1.64. The van der Waals surface area contributed by atoms with Crippen molar-refractivity contribution in [2.45, 2.75) is 25.6 Å². The van der Waals surface area contributed by atoms with Crippen LogP contribution in [0.2, 0.25) is 0 Å². The molecule has 0 bridgehead atoms. The Morgan fingerprint density at radius 1 is 1.04 bits per heavy atom. The van der Waals surface area contributed by atoms with E-state index < -0.39 is 0 Å². The summed E-state index contributed by atoms with van der Waals surface area (Å²) in [5, 5.41) is 9.76. The minimum atomic E-state index is -0.129. The van der Waals surface area contributed by atoms with E-state index in [0.717, 1.165) is 46.8 Å². The molecule has 1 unspecified atom stereocenters. The second-order valence-corrected chi connectivity index (χ2v) is 6.62. The number of rotatable bonds is 5. The highest BCUT2D eigenvalue weighted by Gasteiger charge is 2.25. The summed E-state index contributed by atoms with van der Waals surface area (Å²) in [6, 6.07) is 21.2. The van der Waals surface area contributed by atoms with Crippen LogP contribution in [0, 0.1) is 0 Å². The van der Waals surface area contributed by atoms with E-state index in [1.807, 2.05) is 54.6 Å². The molecule has 0 radical (unpaired) electrons. The highest BCUT2D eigenvalue weighted by molar-refractivity contribution is 5.46. The first-order valence-corrected chi connectivity index (χ1v) is 9.06. The molecule has 0 fully saturated rings. The van der Waals surface area contributed by atoms with E-state index in [1.54, 1.807) is 19.2 Å². The van der Waals surface area contributed by atoms with Crippen LogP contribution in [0.15, 0.2) is 66.7 Å². The lowest BCUT2D eigenvalue weighted by atomic mass is 9.96. The molecule has 4 heteroatoms. The molecule has 0 saturated heterocycles. The van der Waals surface area contributed by atoms with Crippen molar-refractivity contribution in [1.29, 1.82) is 0 Å². The Labute approximate surface area is 158 Å². The van der Waals surface area contributed by atoms with Crippen LogP contribution < -0.4 is 14.2 Å². The van der Waals surface area contributed by atoms with Crippen molar-refractivity contribution in [2.24, 2.45) is 0 Å². The fourth-order valence-corrected chi connectivity index (χ4v) is 3.35. The predicted octanol–water partition coefficient (Wildman–Crippen LogP) is 5.05. The van der Waals surface area contributed by atoms with E-state index in [0.29, 0.717) is 6.61 Å². The summed E-state index contributed by atoms with van der Waals surface area (Å²) in [6.45, 7) is 0.477. The van der Waals surface area contributed by atoms with Crippen LogP contribution in [0.1, 0.15) is 29.2 Å². The highest BCUT2D eigenvalue weighted by Crippen LogP contribution is 2.40. The first-order chi connectivity index (χ1) is 13.2. The zero-order valence-corrected chi connectivity index (χ0v) is 15.2. The van der Waals surface area contributed by atoms with Gasteiger partial charge in [0.15, 0.2) is 0 Å². The number of aryl methyl sites for hydroxylation is 1. The van der Waals surface area contributed by atoms with E-state index in [2.05, 4.69) is 0 Å². The van der Waals surface area contributed by atoms with E-state index >= 15 is 0 Å². The topological polar surface area (TPSA) is 47.9 Å². The van der Waals surface area contributed by atoms with Gasteiger partial charge in [0, 0.05) is 17.7 Å². The molecule has 4 nitrogen and oxygen atoms in total. The van der Waals surface area contributed by atoms with Gasteiger partial charge in [-0.25, -0.2) is 0 Å². The number of benzene rings is 3. The number of aromatic hydroxyl groups is 1. The fraction of sp³-hybridized carbons (Fsp3) is 0.217. The summed E-state index contributed by atoms with van der Waals surface area (Å²) < 4.78 is 17.7. The quantitative estimate of drug-likeness (QED) is 0.690. The molecule has 138 valence electrons. The molecule has 1 aliphatic rings. The molecule has 0 saturated carbocycles. The van der Waals surface area contributed by atoms with Crippen molar-refractivity contribution in [3.05, 3.63) is 83.4 Å². The summed E-state index contributed by atoms with van der Waals surface area (Å²) in [5.74, 6) is 2.45. The minimum Gasteiger partial charge on any atom is -0.508 e. The first-order valence-electron chi connectivity index (χ1n) is 9.06. The van der Waals surface area contributed by atoms with Crippen molar-refractivity contribution in [2.75, 3.05) is 7.11 Å². The third-order valence-electron chi connectivity index (χ3n) is 4.80. The third-order valence-corrected chi connectivity index (χ3v) is 4.80. The average Bonchev–Trinajstić information content (AvgIpc) is 2.72. The van der Waals surface area contributed by atoms with Gasteiger partial charge in [-0.1, -0.05) is 36.4 Å². The number of phenolic OH excluding ortho intramolecular Hbond substituents is 1. The molecular weight excluding hydrogens is 340 g/mol. The lowest BCUT2D eigenvalue weighted by Crippen LogP contribution is -2.16. The van der Waals surface area contributed by atoms with E-state index in [1.165, 1.54) is 0 Å². The Bertz CT molecular complexity index is 921. The number of hydrogen-bond donors (Lipinski definition) is 1. The lowest BCUT2D eigenvalue weighted by molar-refractivity contribution is 0.168. The standard InChI is InChI=1S/C23H22O4/c1-25-19-10-11-20(23(14-19)26-15-16-5-3-2-4-6-16)21-12-8-17-7-9-18(24)13-22(17)27-21/h2-7,9-11,13-14,21,24H,8,12,15H2,1H3. The second kappa shape index (κ2) is 7.62. The maximum Gasteiger partial charge on any atom is 0.130 e. The molecule has 27 heavy (non-hydrogen) atoms. The van der Waals surface area contributed by atoms with Gasteiger partial charge in [0.1, 0.15) is 35.7 Å². The molecule has 0 aliphatic carbocycles. The van der Waals surface area contributed by atoms with Crippen molar-refractivity contribution in [3.63, 3.8) is 0 Å². The number of ether oxygens (including phenoxy) is 3. The Hall–Kier alpha value is -3.14. The van der Waals surface area contributed by atoms with E-state index in [9.17, 15) is 5.11 Å². The Kier molecular flexibility index (Phi) is 4.88. The second-order valence-electron chi connectivity index (χ2n) is 6.62. The SMILES string of the molecule is COc1ccc(C2CCc3ccc(O)cc3O2)c(OCc2ccccc2)c1. The summed E-state index contributed by atoms with van der Waals surface area (Å²) >= 11 is 0. The van der Waals surface area contributed by atoms with Crippen LogP contribution in [-0.4, -0.2) is 12.2 Å². The summed E-state index contributed by atoms with van der Waals surface area (Å²) in [5.41, 5.74) is 3.20.